The van der Waals surface area contributed by atoms with E-state index in [-0.39, 0.29) is 17.9 Å². The predicted molar refractivity (Wildman–Crippen MR) is 59.2 cm³/mol. The van der Waals surface area contributed by atoms with Crippen LogP contribution in [0.1, 0.15) is 24.4 Å². The summed E-state index contributed by atoms with van der Waals surface area (Å²) >= 11 is 1.57. The molecule has 2 heterocycles. The first kappa shape index (κ1) is 10.2. The highest BCUT2D eigenvalue weighted by Crippen LogP contribution is 2.28. The fourth-order valence-electron chi connectivity index (χ4n) is 1.79. The largest absolute Gasteiger partial charge is 0.332 e. The van der Waals surface area contributed by atoms with Crippen molar-refractivity contribution in [1.82, 2.24) is 9.88 Å². The number of amides is 1. The molecular formula is C11H12N2OS. The second-order valence-corrected chi connectivity index (χ2v) is 4.59. The van der Waals surface area contributed by atoms with Crippen LogP contribution in [-0.2, 0) is 4.79 Å². The highest BCUT2D eigenvalue weighted by atomic mass is 32.1. The van der Waals surface area contributed by atoms with Crippen LogP contribution in [0.15, 0.2) is 11.6 Å². The van der Waals surface area contributed by atoms with Gasteiger partial charge in [0.25, 0.3) is 0 Å². The summed E-state index contributed by atoms with van der Waals surface area (Å²) in [6.45, 7) is 2.66. The van der Waals surface area contributed by atoms with Gasteiger partial charge in [-0.15, -0.1) is 23.7 Å². The molecule has 0 aromatic carbocycles. The quantitative estimate of drug-likeness (QED) is 0.710. The predicted octanol–water partition coefficient (Wildman–Crippen LogP) is 1.69. The minimum absolute atomic E-state index is 0.0517. The molecule has 1 fully saturated rings. The monoisotopic (exact) mass is 220 g/mol. The molecule has 1 amide bonds. The number of carbonyl (C=O) groups is 1. The molecule has 0 aliphatic carbocycles. The molecule has 1 aliphatic heterocycles. The van der Waals surface area contributed by atoms with Gasteiger partial charge in [0.15, 0.2) is 0 Å². The summed E-state index contributed by atoms with van der Waals surface area (Å²) in [4.78, 5) is 17.7. The molecule has 0 saturated carbocycles. The lowest BCUT2D eigenvalue weighted by Crippen LogP contribution is -2.28. The molecule has 1 saturated heterocycles. The smallest absolute Gasteiger partial charge is 0.224 e. The molecule has 78 valence electrons. The van der Waals surface area contributed by atoms with Crippen molar-refractivity contribution >= 4 is 17.2 Å². The Morgan fingerprint density at radius 1 is 1.80 bits per heavy atom. The van der Waals surface area contributed by atoms with Crippen LogP contribution in [0.25, 0.3) is 0 Å². The standard InChI is InChI=1S/C11H12N2OS/c1-3-9-6-10(14)13(7-9)8(2)11-12-4-5-15-11/h1,4-5,8-9H,6-7H2,2H3. The Bertz CT molecular complexity index is 393. The zero-order valence-electron chi connectivity index (χ0n) is 8.51. The molecule has 1 aromatic rings. The van der Waals surface area contributed by atoms with Crippen molar-refractivity contribution in [2.24, 2.45) is 5.92 Å². The molecule has 2 atom stereocenters. The Morgan fingerprint density at radius 2 is 2.60 bits per heavy atom. The van der Waals surface area contributed by atoms with E-state index in [0.717, 1.165) is 5.01 Å². The fraction of sp³-hybridized carbons (Fsp3) is 0.455. The maximum absolute atomic E-state index is 11.7. The Kier molecular flexibility index (Phi) is 2.74. The average Bonchev–Trinajstić information content (AvgIpc) is 2.85. The number of carbonyl (C=O) groups excluding carboxylic acids is 1. The summed E-state index contributed by atoms with van der Waals surface area (Å²) in [5, 5.41) is 2.89. The van der Waals surface area contributed by atoms with Crippen molar-refractivity contribution in [2.45, 2.75) is 19.4 Å². The highest BCUT2D eigenvalue weighted by Gasteiger charge is 2.32. The van der Waals surface area contributed by atoms with Crippen LogP contribution in [0.2, 0.25) is 0 Å². The summed E-state index contributed by atoms with van der Waals surface area (Å²) in [6.07, 6.45) is 7.57. The van der Waals surface area contributed by atoms with Crippen molar-refractivity contribution < 1.29 is 4.79 Å². The van der Waals surface area contributed by atoms with E-state index in [2.05, 4.69) is 10.9 Å². The average molecular weight is 220 g/mol. The van der Waals surface area contributed by atoms with Gasteiger partial charge in [-0.2, -0.15) is 0 Å². The molecule has 2 unspecified atom stereocenters. The maximum atomic E-state index is 11.7. The number of rotatable bonds is 2. The first-order valence-corrected chi connectivity index (χ1v) is 5.75. The number of hydrogen-bond acceptors (Lipinski definition) is 3. The van der Waals surface area contributed by atoms with Gasteiger partial charge in [-0.1, -0.05) is 0 Å². The van der Waals surface area contributed by atoms with Gasteiger partial charge in [0, 0.05) is 30.5 Å². The van der Waals surface area contributed by atoms with E-state index in [0.29, 0.717) is 13.0 Å². The van der Waals surface area contributed by atoms with E-state index in [1.54, 1.807) is 17.5 Å². The second kappa shape index (κ2) is 4.03. The zero-order chi connectivity index (χ0) is 10.8. The lowest BCUT2D eigenvalue weighted by atomic mass is 10.1. The van der Waals surface area contributed by atoms with Gasteiger partial charge in [0.1, 0.15) is 5.01 Å². The van der Waals surface area contributed by atoms with Gasteiger partial charge >= 0.3 is 0 Å². The SMILES string of the molecule is C#CC1CC(=O)N(C(C)c2nccs2)C1. The lowest BCUT2D eigenvalue weighted by molar-refractivity contribution is -0.129. The fourth-order valence-corrected chi connectivity index (χ4v) is 2.50. The van der Waals surface area contributed by atoms with Crippen LogP contribution >= 0.6 is 11.3 Å². The van der Waals surface area contributed by atoms with E-state index in [1.165, 1.54) is 0 Å². The van der Waals surface area contributed by atoms with Crippen molar-refractivity contribution in [3.8, 4) is 12.3 Å². The Labute approximate surface area is 93.1 Å². The molecule has 1 aromatic heterocycles. The number of thiazole rings is 1. The summed E-state index contributed by atoms with van der Waals surface area (Å²) in [5.41, 5.74) is 0. The maximum Gasteiger partial charge on any atom is 0.224 e. The molecule has 0 N–H and O–H groups in total. The van der Waals surface area contributed by atoms with Crippen LogP contribution in [0.5, 0.6) is 0 Å². The van der Waals surface area contributed by atoms with Crippen molar-refractivity contribution in [1.29, 1.82) is 0 Å². The first-order valence-electron chi connectivity index (χ1n) is 4.87. The number of nitrogens with zero attached hydrogens (tertiary/aromatic N) is 2. The van der Waals surface area contributed by atoms with Gasteiger partial charge in [-0.05, 0) is 6.92 Å². The van der Waals surface area contributed by atoms with E-state index < -0.39 is 0 Å². The molecule has 1 aliphatic rings. The molecule has 0 spiro atoms. The van der Waals surface area contributed by atoms with Gasteiger partial charge in [0.2, 0.25) is 5.91 Å². The molecular weight excluding hydrogens is 208 g/mol. The van der Waals surface area contributed by atoms with Crippen LogP contribution in [-0.4, -0.2) is 22.3 Å². The molecule has 0 radical (unpaired) electrons. The molecule has 0 bridgehead atoms. The summed E-state index contributed by atoms with van der Waals surface area (Å²) in [7, 11) is 0. The van der Waals surface area contributed by atoms with Crippen molar-refractivity contribution in [3.05, 3.63) is 16.6 Å². The highest BCUT2D eigenvalue weighted by molar-refractivity contribution is 7.09. The minimum Gasteiger partial charge on any atom is -0.332 e. The van der Waals surface area contributed by atoms with E-state index in [1.807, 2.05) is 17.2 Å². The Balaban J connectivity index is 2.12. The minimum atomic E-state index is 0.0517. The number of hydrogen-bond donors (Lipinski definition) is 0. The third-order valence-corrected chi connectivity index (χ3v) is 3.62. The van der Waals surface area contributed by atoms with E-state index >= 15 is 0 Å². The summed E-state index contributed by atoms with van der Waals surface area (Å²) < 4.78 is 0. The zero-order valence-corrected chi connectivity index (χ0v) is 9.33. The van der Waals surface area contributed by atoms with Crippen molar-refractivity contribution in [3.63, 3.8) is 0 Å². The van der Waals surface area contributed by atoms with Gasteiger partial charge in [-0.25, -0.2) is 4.98 Å². The van der Waals surface area contributed by atoms with Crippen LogP contribution < -0.4 is 0 Å². The van der Waals surface area contributed by atoms with E-state index in [9.17, 15) is 4.79 Å². The van der Waals surface area contributed by atoms with Crippen molar-refractivity contribution in [2.75, 3.05) is 6.54 Å². The van der Waals surface area contributed by atoms with Gasteiger partial charge < -0.3 is 4.90 Å². The molecule has 3 nitrogen and oxygen atoms in total. The van der Waals surface area contributed by atoms with Crippen LogP contribution in [0.4, 0.5) is 0 Å². The van der Waals surface area contributed by atoms with E-state index in [4.69, 9.17) is 6.42 Å². The third kappa shape index (κ3) is 1.88. The normalized spacial score (nSPS) is 22.8. The topological polar surface area (TPSA) is 33.2 Å². The summed E-state index contributed by atoms with van der Waals surface area (Å²) in [5.74, 6) is 2.85. The first-order chi connectivity index (χ1) is 7.22. The second-order valence-electron chi connectivity index (χ2n) is 3.66. The van der Waals surface area contributed by atoms with Gasteiger partial charge in [0.05, 0.1) is 6.04 Å². The molecule has 4 heteroatoms. The number of aromatic nitrogens is 1. The Morgan fingerprint density at radius 3 is 3.13 bits per heavy atom. The number of terminal acetylenes is 1. The third-order valence-electron chi connectivity index (χ3n) is 2.67. The van der Waals surface area contributed by atoms with Crippen LogP contribution in [0, 0.1) is 18.3 Å². The summed E-state index contributed by atoms with van der Waals surface area (Å²) in [6, 6.07) is 0.0517. The lowest BCUT2D eigenvalue weighted by Gasteiger charge is -2.22. The number of likely N-dealkylation sites (tertiary alicyclic amines) is 1. The van der Waals surface area contributed by atoms with Crippen LogP contribution in [0.3, 0.4) is 0 Å². The van der Waals surface area contributed by atoms with Gasteiger partial charge in [-0.3, -0.25) is 4.79 Å². The Hall–Kier alpha value is -1.34. The molecule has 15 heavy (non-hydrogen) atoms. The molecule has 2 rings (SSSR count).